The normalized spacial score (nSPS) is 25.6. The third-order valence-corrected chi connectivity index (χ3v) is 12.9. The average Bonchev–Trinajstić information content (AvgIpc) is 3.93. The number of hydrogen-bond acceptors (Lipinski definition) is 7. The Kier molecular flexibility index (Phi) is 16.3. The van der Waals surface area contributed by atoms with Crippen LogP contribution in [0, 0.1) is 53.3 Å². The Morgan fingerprint density at radius 1 is 0.500 bits per heavy atom. The summed E-state index contributed by atoms with van der Waals surface area (Å²) in [7, 11) is 6.23. The molecule has 308 valence electrons. The van der Waals surface area contributed by atoms with Crippen molar-refractivity contribution in [1.29, 1.82) is 0 Å². The molecule has 2 aliphatic rings. The van der Waals surface area contributed by atoms with Crippen LogP contribution in [0.5, 0.6) is 0 Å². The molecule has 2 rings (SSSR count). The molecule has 0 aliphatic heterocycles. The van der Waals surface area contributed by atoms with E-state index in [0.29, 0.717) is 18.3 Å². The van der Waals surface area contributed by atoms with Crippen molar-refractivity contribution in [1.82, 2.24) is 30.2 Å². The Labute approximate surface area is 325 Å². The van der Waals surface area contributed by atoms with Crippen molar-refractivity contribution in [3.05, 3.63) is 0 Å². The molecule has 0 radical (unpaired) electrons. The number of hydrogen-bond donors (Lipinski definition) is 2. The molecule has 54 heavy (non-hydrogen) atoms. The predicted molar refractivity (Wildman–Crippen MR) is 210 cm³/mol. The van der Waals surface area contributed by atoms with Gasteiger partial charge in [0.15, 0.2) is 5.78 Å². The van der Waals surface area contributed by atoms with E-state index in [1.807, 2.05) is 48.5 Å². The van der Waals surface area contributed by atoms with E-state index in [-0.39, 0.29) is 65.4 Å². The van der Waals surface area contributed by atoms with E-state index in [2.05, 4.69) is 24.5 Å². The van der Waals surface area contributed by atoms with Gasteiger partial charge >= 0.3 is 0 Å². The van der Waals surface area contributed by atoms with Crippen molar-refractivity contribution >= 4 is 41.2 Å². The van der Waals surface area contributed by atoms with Crippen LogP contribution in [0.4, 0.5) is 0 Å². The van der Waals surface area contributed by atoms with Gasteiger partial charge in [-0.25, -0.2) is 0 Å². The molecule has 2 saturated carbocycles. The Balaban J connectivity index is 2.21. The highest BCUT2D eigenvalue weighted by molar-refractivity contribution is 5.97. The van der Waals surface area contributed by atoms with Crippen LogP contribution in [0.15, 0.2) is 0 Å². The molecule has 0 aromatic rings. The van der Waals surface area contributed by atoms with E-state index in [1.165, 1.54) is 40.6 Å². The standard InChI is InChI=1S/C41H72N6O7/c1-20(2)18-31(42-36(49)27(10)44(14)39(52)28(11)45(15)38(51)26(9)33-22(5)23(33)6)37(50)43-35(34-24(7)25(34)8)41(54)46(16)29(12)40(53)47(17)32(30(13)48)19-21(3)4/h20-29,31-35H,18-19H2,1-17H3,(H,42,49)(H,43,50). The first kappa shape index (κ1) is 46.6. The van der Waals surface area contributed by atoms with Crippen LogP contribution >= 0.6 is 0 Å². The number of rotatable bonds is 19. The van der Waals surface area contributed by atoms with Gasteiger partial charge in [0, 0.05) is 34.1 Å². The maximum absolute atomic E-state index is 14.1. The molecule has 0 heterocycles. The molecule has 11 unspecified atom stereocenters. The van der Waals surface area contributed by atoms with E-state index in [9.17, 15) is 33.6 Å². The van der Waals surface area contributed by atoms with Crippen LogP contribution in [0.1, 0.15) is 103 Å². The minimum absolute atomic E-state index is 0.00173. The van der Waals surface area contributed by atoms with Crippen molar-refractivity contribution in [2.45, 2.75) is 139 Å². The molecular weight excluding hydrogens is 688 g/mol. The van der Waals surface area contributed by atoms with Crippen molar-refractivity contribution in [2.75, 3.05) is 28.2 Å². The van der Waals surface area contributed by atoms with Gasteiger partial charge in [-0.05, 0) is 87.9 Å². The third-order valence-electron chi connectivity index (χ3n) is 12.9. The molecule has 11 atom stereocenters. The van der Waals surface area contributed by atoms with Crippen LogP contribution in [0.25, 0.3) is 0 Å². The van der Waals surface area contributed by atoms with Gasteiger partial charge in [0.2, 0.25) is 35.4 Å². The van der Waals surface area contributed by atoms with Gasteiger partial charge in [0.05, 0.1) is 6.04 Å². The topological polar surface area (TPSA) is 157 Å². The van der Waals surface area contributed by atoms with Crippen LogP contribution in [-0.4, -0.2) is 125 Å². The number of likely N-dealkylation sites (N-methyl/N-ethyl adjacent to an activating group) is 4. The summed E-state index contributed by atoms with van der Waals surface area (Å²) in [5.74, 6) is -1.27. The van der Waals surface area contributed by atoms with Crippen molar-refractivity contribution in [2.24, 2.45) is 53.3 Å². The molecule has 0 aromatic carbocycles. The fourth-order valence-electron chi connectivity index (χ4n) is 8.06. The van der Waals surface area contributed by atoms with E-state index in [1.54, 1.807) is 34.9 Å². The Morgan fingerprint density at radius 3 is 1.31 bits per heavy atom. The van der Waals surface area contributed by atoms with Gasteiger partial charge in [0.25, 0.3) is 0 Å². The quantitative estimate of drug-likeness (QED) is 0.204. The molecule has 0 saturated heterocycles. The lowest BCUT2D eigenvalue weighted by Gasteiger charge is -2.35. The number of ketones is 1. The first-order valence-corrected chi connectivity index (χ1v) is 20.0. The molecule has 13 heteroatoms. The molecule has 0 spiro atoms. The van der Waals surface area contributed by atoms with Gasteiger partial charge in [-0.1, -0.05) is 62.3 Å². The van der Waals surface area contributed by atoms with E-state index < -0.39 is 59.9 Å². The smallest absolute Gasteiger partial charge is 0.245 e. The van der Waals surface area contributed by atoms with E-state index in [0.717, 1.165) is 0 Å². The van der Waals surface area contributed by atoms with Crippen LogP contribution < -0.4 is 10.6 Å². The largest absolute Gasteiger partial charge is 0.343 e. The SMILES string of the molecule is CC(=O)C(CC(C)C)N(C)C(=O)C(C)N(C)C(=O)C(NC(=O)C(CC(C)C)NC(=O)C(C)N(C)C(=O)C(C)N(C)C(=O)C(C)C1C(C)C1C)C1C(C)C1C. The number of Topliss-reactive ketones (excluding diaryl/α,β-unsaturated/α-hetero) is 1. The lowest BCUT2D eigenvalue weighted by atomic mass is 9.99. The Hall–Kier alpha value is -3.51. The summed E-state index contributed by atoms with van der Waals surface area (Å²) in [6, 6.07) is -5.23. The summed E-state index contributed by atoms with van der Waals surface area (Å²) in [4.78, 5) is 100. The molecule has 0 aromatic heterocycles. The summed E-state index contributed by atoms with van der Waals surface area (Å²) in [5.41, 5.74) is 0. The van der Waals surface area contributed by atoms with Crippen molar-refractivity contribution in [3.63, 3.8) is 0 Å². The maximum atomic E-state index is 14.1. The number of carbonyl (C=O) groups excluding carboxylic acids is 7. The summed E-state index contributed by atoms with van der Waals surface area (Å²) in [6.07, 6.45) is 0.775. The fraction of sp³-hybridized carbons (Fsp3) is 0.829. The van der Waals surface area contributed by atoms with E-state index >= 15 is 0 Å². The zero-order valence-electron chi connectivity index (χ0n) is 36.2. The maximum Gasteiger partial charge on any atom is 0.245 e. The first-order chi connectivity index (χ1) is 24.8. The number of nitrogens with one attached hydrogen (secondary N) is 2. The van der Waals surface area contributed by atoms with Gasteiger partial charge in [-0.3, -0.25) is 33.6 Å². The summed E-state index contributed by atoms with van der Waals surface area (Å²) < 4.78 is 0. The summed E-state index contributed by atoms with van der Waals surface area (Å²) in [5, 5.41) is 5.77. The predicted octanol–water partition coefficient (Wildman–Crippen LogP) is 3.45. The van der Waals surface area contributed by atoms with Crippen LogP contribution in [0.2, 0.25) is 0 Å². The summed E-state index contributed by atoms with van der Waals surface area (Å²) >= 11 is 0. The molecular formula is C41H72N6O7. The van der Waals surface area contributed by atoms with Gasteiger partial charge in [0.1, 0.15) is 30.2 Å². The molecule has 13 nitrogen and oxygen atoms in total. The fourth-order valence-corrected chi connectivity index (χ4v) is 8.06. The molecule has 0 bridgehead atoms. The van der Waals surface area contributed by atoms with E-state index in [4.69, 9.17) is 0 Å². The van der Waals surface area contributed by atoms with Gasteiger partial charge in [-0.2, -0.15) is 0 Å². The highest BCUT2D eigenvalue weighted by Gasteiger charge is 2.53. The van der Waals surface area contributed by atoms with Crippen LogP contribution in [-0.2, 0) is 33.6 Å². The highest BCUT2D eigenvalue weighted by Crippen LogP contribution is 2.50. The number of carbonyl (C=O) groups is 7. The lowest BCUT2D eigenvalue weighted by molar-refractivity contribution is -0.149. The van der Waals surface area contributed by atoms with Crippen molar-refractivity contribution in [3.8, 4) is 0 Å². The zero-order chi connectivity index (χ0) is 41.8. The molecule has 2 fully saturated rings. The average molecular weight is 761 g/mol. The Bertz CT molecular complexity index is 1390. The molecule has 6 amide bonds. The zero-order valence-corrected chi connectivity index (χ0v) is 36.2. The van der Waals surface area contributed by atoms with Crippen molar-refractivity contribution < 1.29 is 33.6 Å². The van der Waals surface area contributed by atoms with Crippen LogP contribution in [0.3, 0.4) is 0 Å². The first-order valence-electron chi connectivity index (χ1n) is 20.0. The number of nitrogens with zero attached hydrogens (tertiary/aromatic N) is 4. The third kappa shape index (κ3) is 10.8. The monoisotopic (exact) mass is 761 g/mol. The second-order valence-electron chi connectivity index (χ2n) is 17.6. The summed E-state index contributed by atoms with van der Waals surface area (Å²) in [6.45, 7) is 24.3. The molecule has 2 aliphatic carbocycles. The Morgan fingerprint density at radius 2 is 0.907 bits per heavy atom. The second kappa shape index (κ2) is 18.9. The van der Waals surface area contributed by atoms with Gasteiger partial charge in [-0.15, -0.1) is 0 Å². The minimum Gasteiger partial charge on any atom is -0.343 e. The second-order valence-corrected chi connectivity index (χ2v) is 17.6. The lowest BCUT2D eigenvalue weighted by Crippen LogP contribution is -2.60. The highest BCUT2D eigenvalue weighted by atomic mass is 16.2. The number of amides is 6. The van der Waals surface area contributed by atoms with Gasteiger partial charge < -0.3 is 30.2 Å². The molecule has 2 N–H and O–H groups in total. The minimum atomic E-state index is -1.00.